The highest BCUT2D eigenvalue weighted by Crippen LogP contribution is 2.47. The molecule has 344 valence electrons. The Kier molecular flexibility index (Phi) is 33.5. The molecule has 0 spiro atoms. The molecule has 1 aliphatic rings. The maximum Gasteiger partial charge on any atom is 0.472 e. The van der Waals surface area contributed by atoms with Gasteiger partial charge >= 0.3 is 19.8 Å². The summed E-state index contributed by atoms with van der Waals surface area (Å²) in [5, 5.41) is 49.6. The van der Waals surface area contributed by atoms with E-state index in [2.05, 4.69) is 6.92 Å². The van der Waals surface area contributed by atoms with Gasteiger partial charge in [-0.2, -0.15) is 0 Å². The molecule has 14 heteroatoms. The van der Waals surface area contributed by atoms with Gasteiger partial charge in [-0.25, -0.2) is 4.57 Å². The molecule has 13 nitrogen and oxygen atoms in total. The normalized spacial score (nSPS) is 22.4. The highest BCUT2D eigenvalue weighted by Gasteiger charge is 2.51. The maximum atomic E-state index is 12.6. The second kappa shape index (κ2) is 35.4. The quantitative estimate of drug-likeness (QED) is 0.0194. The summed E-state index contributed by atoms with van der Waals surface area (Å²) in [5.74, 6) is -1.15. The van der Waals surface area contributed by atoms with E-state index >= 15 is 0 Å². The molecular formula is C44H85O13P. The third kappa shape index (κ3) is 27.6. The van der Waals surface area contributed by atoms with E-state index < -0.39 is 75.7 Å². The standard InChI is InChI=1S/C44H85O13P/c1-3-5-6-7-8-9-10-11-12-13-14-15-16-17-18-19-20-21-22-23-24-25-26-27-28-29-30-31-33-37(45)54-34-36(56-38(46)32-4-2)35-55-58(52,53)57-44-42(50)40(48)39(47)41(49)43(44)51/h36,39-44,47-51H,3-35H2,1-2H3,(H,52,53)/t36-,39?,40-,41?,42?,43?,44?/m1/s1. The van der Waals surface area contributed by atoms with Crippen molar-refractivity contribution in [3.05, 3.63) is 0 Å². The van der Waals surface area contributed by atoms with Crippen molar-refractivity contribution in [3.63, 3.8) is 0 Å². The number of phosphoric ester groups is 1. The Balaban J connectivity index is 2.04. The number of esters is 2. The van der Waals surface area contributed by atoms with Crippen molar-refractivity contribution in [1.29, 1.82) is 0 Å². The molecule has 1 aliphatic carbocycles. The molecule has 58 heavy (non-hydrogen) atoms. The van der Waals surface area contributed by atoms with Gasteiger partial charge < -0.3 is 39.9 Å². The van der Waals surface area contributed by atoms with Crippen LogP contribution in [0.2, 0.25) is 0 Å². The highest BCUT2D eigenvalue weighted by atomic mass is 31.2. The number of hydrogen-bond acceptors (Lipinski definition) is 12. The lowest BCUT2D eigenvalue weighted by Crippen LogP contribution is -2.64. The first kappa shape index (κ1) is 54.9. The second-order valence-electron chi connectivity index (χ2n) is 16.6. The number of unbranched alkanes of at least 4 members (excludes halogenated alkanes) is 27. The lowest BCUT2D eigenvalue weighted by atomic mass is 9.85. The van der Waals surface area contributed by atoms with E-state index in [0.717, 1.165) is 19.3 Å². The molecule has 1 rings (SSSR count). The molecule has 1 fully saturated rings. The Bertz CT molecular complexity index is 1030. The molecule has 0 saturated heterocycles. The fraction of sp³-hybridized carbons (Fsp3) is 0.955. The number of phosphoric acid groups is 1. The predicted molar refractivity (Wildman–Crippen MR) is 226 cm³/mol. The summed E-state index contributed by atoms with van der Waals surface area (Å²) in [5.41, 5.74) is 0. The molecule has 1 saturated carbocycles. The molecule has 0 aliphatic heterocycles. The Hall–Kier alpha value is -1.15. The Labute approximate surface area is 351 Å². The minimum absolute atomic E-state index is 0.0515. The number of aliphatic hydroxyl groups excluding tert-OH is 5. The summed E-state index contributed by atoms with van der Waals surface area (Å²) in [6.45, 7) is 2.87. The lowest BCUT2D eigenvalue weighted by molar-refractivity contribution is -0.220. The van der Waals surface area contributed by atoms with Crippen LogP contribution in [0.4, 0.5) is 0 Å². The van der Waals surface area contributed by atoms with E-state index in [0.29, 0.717) is 12.8 Å². The van der Waals surface area contributed by atoms with Gasteiger partial charge in [-0.1, -0.05) is 187 Å². The SMILES string of the molecule is CCCCCCCCCCCCCCCCCCCCCCCCCCCCCCC(=O)OC[C@H](COP(=O)(O)OC1C(O)C(O)C(O)[C@@H](O)C1O)OC(=O)CCC. The molecule has 0 amide bonds. The highest BCUT2D eigenvalue weighted by molar-refractivity contribution is 7.47. The zero-order chi connectivity index (χ0) is 42.9. The number of carbonyl (C=O) groups is 2. The molecule has 8 atom stereocenters. The average molecular weight is 853 g/mol. The van der Waals surface area contributed by atoms with Gasteiger partial charge in [0.15, 0.2) is 6.10 Å². The molecule has 0 aromatic heterocycles. The number of rotatable bonds is 39. The maximum absolute atomic E-state index is 12.6. The molecule has 0 heterocycles. The molecule has 0 aromatic rings. The van der Waals surface area contributed by atoms with E-state index in [4.69, 9.17) is 18.5 Å². The topological polar surface area (TPSA) is 210 Å². The minimum atomic E-state index is -5.08. The van der Waals surface area contributed by atoms with Crippen molar-refractivity contribution >= 4 is 19.8 Å². The Morgan fingerprint density at radius 3 is 1.17 bits per heavy atom. The van der Waals surface area contributed by atoms with Gasteiger partial charge in [-0.15, -0.1) is 0 Å². The number of aliphatic hydroxyl groups is 5. The number of hydrogen-bond donors (Lipinski definition) is 6. The van der Waals surface area contributed by atoms with Gasteiger partial charge in [0, 0.05) is 12.8 Å². The number of carbonyl (C=O) groups excluding carboxylic acids is 2. The van der Waals surface area contributed by atoms with Crippen molar-refractivity contribution < 1.29 is 63.1 Å². The van der Waals surface area contributed by atoms with Crippen LogP contribution in [0.1, 0.15) is 213 Å². The summed E-state index contributed by atoms with van der Waals surface area (Å²) in [6, 6.07) is 0. The predicted octanol–water partition coefficient (Wildman–Crippen LogP) is 8.89. The monoisotopic (exact) mass is 853 g/mol. The number of ether oxygens (including phenoxy) is 2. The largest absolute Gasteiger partial charge is 0.472 e. The first-order chi connectivity index (χ1) is 27.9. The fourth-order valence-electron chi connectivity index (χ4n) is 7.44. The summed E-state index contributed by atoms with van der Waals surface area (Å²) >= 11 is 0. The van der Waals surface area contributed by atoms with Crippen LogP contribution in [-0.4, -0.2) is 98.3 Å². The van der Waals surface area contributed by atoms with Crippen molar-refractivity contribution in [3.8, 4) is 0 Å². The van der Waals surface area contributed by atoms with Crippen LogP contribution in [0.25, 0.3) is 0 Å². The summed E-state index contributed by atoms with van der Waals surface area (Å²) in [4.78, 5) is 34.7. The smallest absolute Gasteiger partial charge is 0.462 e. The van der Waals surface area contributed by atoms with Gasteiger partial charge in [0.1, 0.15) is 43.2 Å². The van der Waals surface area contributed by atoms with Gasteiger partial charge in [-0.3, -0.25) is 18.6 Å². The first-order valence-corrected chi connectivity index (χ1v) is 24.8. The minimum Gasteiger partial charge on any atom is -0.462 e. The van der Waals surface area contributed by atoms with Crippen molar-refractivity contribution in [1.82, 2.24) is 0 Å². The summed E-state index contributed by atoms with van der Waals surface area (Å²) in [6.07, 6.45) is 24.3. The van der Waals surface area contributed by atoms with Gasteiger partial charge in [0.25, 0.3) is 0 Å². The third-order valence-electron chi connectivity index (χ3n) is 11.2. The van der Waals surface area contributed by atoms with Gasteiger partial charge in [0.05, 0.1) is 6.61 Å². The molecule has 6 unspecified atom stereocenters. The third-order valence-corrected chi connectivity index (χ3v) is 12.2. The van der Waals surface area contributed by atoms with Crippen LogP contribution in [0.3, 0.4) is 0 Å². The van der Waals surface area contributed by atoms with Crippen molar-refractivity contribution in [2.45, 2.75) is 256 Å². The van der Waals surface area contributed by atoms with E-state index in [1.54, 1.807) is 6.92 Å². The molecule has 0 aromatic carbocycles. The summed E-state index contributed by atoms with van der Waals surface area (Å²) < 4.78 is 32.8. The lowest BCUT2D eigenvalue weighted by Gasteiger charge is -2.41. The van der Waals surface area contributed by atoms with Crippen LogP contribution in [0, 0.1) is 0 Å². The zero-order valence-electron chi connectivity index (χ0n) is 36.4. The molecule has 0 radical (unpaired) electrons. The van der Waals surface area contributed by atoms with Crippen molar-refractivity contribution in [2.75, 3.05) is 13.2 Å². The summed E-state index contributed by atoms with van der Waals surface area (Å²) in [7, 11) is -5.08. The molecular weight excluding hydrogens is 767 g/mol. The Morgan fingerprint density at radius 1 is 0.466 bits per heavy atom. The fourth-order valence-corrected chi connectivity index (χ4v) is 8.42. The van der Waals surface area contributed by atoms with Crippen LogP contribution < -0.4 is 0 Å². The second-order valence-corrected chi connectivity index (χ2v) is 18.0. The van der Waals surface area contributed by atoms with Crippen LogP contribution in [0.5, 0.6) is 0 Å². The molecule has 0 bridgehead atoms. The van der Waals surface area contributed by atoms with Crippen LogP contribution >= 0.6 is 7.82 Å². The van der Waals surface area contributed by atoms with E-state index in [1.165, 1.54) is 154 Å². The molecule has 6 N–H and O–H groups in total. The van der Waals surface area contributed by atoms with E-state index in [1.807, 2.05) is 0 Å². The van der Waals surface area contributed by atoms with E-state index in [9.17, 15) is 44.6 Å². The van der Waals surface area contributed by atoms with Gasteiger partial charge in [-0.05, 0) is 12.8 Å². The average Bonchev–Trinajstić information content (AvgIpc) is 3.20. The van der Waals surface area contributed by atoms with E-state index in [-0.39, 0.29) is 12.8 Å². The van der Waals surface area contributed by atoms with Gasteiger partial charge in [0.2, 0.25) is 0 Å². The zero-order valence-corrected chi connectivity index (χ0v) is 37.3. The van der Waals surface area contributed by atoms with Crippen molar-refractivity contribution in [2.24, 2.45) is 0 Å². The first-order valence-electron chi connectivity index (χ1n) is 23.3. The Morgan fingerprint density at radius 2 is 0.810 bits per heavy atom. The van der Waals surface area contributed by atoms with Crippen LogP contribution in [0.15, 0.2) is 0 Å². The van der Waals surface area contributed by atoms with Crippen LogP contribution in [-0.2, 0) is 32.7 Å².